The van der Waals surface area contributed by atoms with Gasteiger partial charge < -0.3 is 0 Å². The molecule has 76 valence electrons. The van der Waals surface area contributed by atoms with Crippen LogP contribution in [-0.2, 0) is 6.54 Å². The first-order chi connectivity index (χ1) is 6.66. The number of likely N-dealkylation sites (tertiary alicyclic amines) is 1. The van der Waals surface area contributed by atoms with Crippen molar-refractivity contribution in [2.75, 3.05) is 13.1 Å². The van der Waals surface area contributed by atoms with E-state index in [1.807, 2.05) is 13.8 Å². The van der Waals surface area contributed by atoms with E-state index in [9.17, 15) is 0 Å². The number of aromatic nitrogens is 2. The van der Waals surface area contributed by atoms with Gasteiger partial charge in [0.15, 0.2) is 0 Å². The highest BCUT2D eigenvalue weighted by Gasteiger charge is 2.16. The highest BCUT2D eigenvalue weighted by atomic mass is 35.5. The summed E-state index contributed by atoms with van der Waals surface area (Å²) in [6.45, 7) is 7.08. The lowest BCUT2D eigenvalue weighted by molar-refractivity contribution is 0.168. The molecule has 14 heavy (non-hydrogen) atoms. The summed E-state index contributed by atoms with van der Waals surface area (Å²) >= 11 is 5.99. The van der Waals surface area contributed by atoms with Crippen molar-refractivity contribution in [3.05, 3.63) is 22.2 Å². The second-order valence-corrected chi connectivity index (χ2v) is 4.13. The van der Waals surface area contributed by atoms with Crippen molar-refractivity contribution in [3.8, 4) is 0 Å². The molecule has 0 unspecified atom stereocenters. The van der Waals surface area contributed by atoms with Crippen LogP contribution in [0.15, 0.2) is 0 Å². The zero-order valence-corrected chi connectivity index (χ0v) is 9.30. The summed E-state index contributed by atoms with van der Waals surface area (Å²) in [7, 11) is 0. The molecule has 1 saturated heterocycles. The number of aryl methyl sites for hydroxylation is 1. The molecule has 1 aliphatic rings. The minimum Gasteiger partial charge on any atom is -0.296 e. The van der Waals surface area contributed by atoms with Crippen LogP contribution in [0.5, 0.6) is 0 Å². The zero-order valence-electron chi connectivity index (χ0n) is 8.55. The summed E-state index contributed by atoms with van der Waals surface area (Å²) in [6, 6.07) is 0. The molecule has 1 aromatic rings. The van der Waals surface area contributed by atoms with Gasteiger partial charge in [-0.2, -0.15) is 0 Å². The van der Waals surface area contributed by atoms with Crippen LogP contribution >= 0.6 is 11.6 Å². The van der Waals surface area contributed by atoms with Crippen molar-refractivity contribution < 1.29 is 0 Å². The molecular weight excluding hydrogens is 198 g/mol. The van der Waals surface area contributed by atoms with Gasteiger partial charge in [0.05, 0.1) is 6.54 Å². The van der Waals surface area contributed by atoms with Crippen molar-refractivity contribution in [1.29, 1.82) is 0 Å². The fourth-order valence-corrected chi connectivity index (χ4v) is 1.69. The Kier molecular flexibility index (Phi) is 2.70. The van der Waals surface area contributed by atoms with E-state index >= 15 is 0 Å². The average Bonchev–Trinajstić information content (AvgIpc) is 2.07. The minimum atomic E-state index is 0.591. The number of nitrogens with zero attached hydrogens (tertiary/aromatic N) is 3. The lowest BCUT2D eigenvalue weighted by Gasteiger charge is -2.29. The first-order valence-electron chi connectivity index (χ1n) is 4.89. The molecule has 4 heteroatoms. The Hall–Kier alpha value is -0.670. The first kappa shape index (κ1) is 9.87. The van der Waals surface area contributed by atoms with E-state index in [0.717, 1.165) is 36.7 Å². The topological polar surface area (TPSA) is 29.0 Å². The summed E-state index contributed by atoms with van der Waals surface area (Å²) in [5.41, 5.74) is 1.97. The molecule has 1 aromatic heterocycles. The molecule has 0 spiro atoms. The number of hydrogen-bond acceptors (Lipinski definition) is 3. The standard InChI is InChI=1S/C10H14ClN3/c1-7-8(2)12-9(13-10(7)11)6-14-4-3-5-14/h3-6H2,1-2H3. The SMILES string of the molecule is Cc1nc(CN2CCC2)nc(Cl)c1C. The van der Waals surface area contributed by atoms with Gasteiger partial charge in [-0.05, 0) is 33.4 Å². The van der Waals surface area contributed by atoms with E-state index in [-0.39, 0.29) is 0 Å². The Morgan fingerprint density at radius 2 is 2.00 bits per heavy atom. The number of hydrogen-bond donors (Lipinski definition) is 0. The van der Waals surface area contributed by atoms with Crippen molar-refractivity contribution in [2.45, 2.75) is 26.8 Å². The van der Waals surface area contributed by atoms with Crippen LogP contribution in [0.2, 0.25) is 5.15 Å². The molecule has 1 fully saturated rings. The molecule has 0 saturated carbocycles. The van der Waals surface area contributed by atoms with E-state index in [1.165, 1.54) is 6.42 Å². The summed E-state index contributed by atoms with van der Waals surface area (Å²) in [4.78, 5) is 11.0. The van der Waals surface area contributed by atoms with Gasteiger partial charge in [0.2, 0.25) is 0 Å². The van der Waals surface area contributed by atoms with Gasteiger partial charge in [-0.1, -0.05) is 11.6 Å². The smallest absolute Gasteiger partial charge is 0.144 e. The second-order valence-electron chi connectivity index (χ2n) is 3.77. The molecule has 0 radical (unpaired) electrons. The number of halogens is 1. The molecule has 3 nitrogen and oxygen atoms in total. The molecule has 0 aliphatic carbocycles. The predicted molar refractivity (Wildman–Crippen MR) is 56.4 cm³/mol. The Morgan fingerprint density at radius 1 is 1.29 bits per heavy atom. The lowest BCUT2D eigenvalue weighted by Crippen LogP contribution is -2.36. The summed E-state index contributed by atoms with van der Waals surface area (Å²) in [5, 5.41) is 0.591. The maximum absolute atomic E-state index is 5.99. The summed E-state index contributed by atoms with van der Waals surface area (Å²) < 4.78 is 0. The van der Waals surface area contributed by atoms with E-state index in [1.54, 1.807) is 0 Å². The van der Waals surface area contributed by atoms with Crippen molar-refractivity contribution in [3.63, 3.8) is 0 Å². The molecular formula is C10H14ClN3. The van der Waals surface area contributed by atoms with Gasteiger partial charge in [0.25, 0.3) is 0 Å². The quantitative estimate of drug-likeness (QED) is 0.701. The highest BCUT2D eigenvalue weighted by molar-refractivity contribution is 6.30. The van der Waals surface area contributed by atoms with E-state index in [0.29, 0.717) is 5.15 Å². The maximum atomic E-state index is 5.99. The Labute approximate surface area is 89.1 Å². The molecule has 2 heterocycles. The van der Waals surface area contributed by atoms with E-state index < -0.39 is 0 Å². The maximum Gasteiger partial charge on any atom is 0.144 e. The molecule has 0 aromatic carbocycles. The molecule has 0 amide bonds. The second kappa shape index (κ2) is 3.83. The minimum absolute atomic E-state index is 0.591. The number of rotatable bonds is 2. The largest absolute Gasteiger partial charge is 0.296 e. The van der Waals surface area contributed by atoms with Crippen LogP contribution in [0.1, 0.15) is 23.5 Å². The van der Waals surface area contributed by atoms with Crippen molar-refractivity contribution in [1.82, 2.24) is 14.9 Å². The third-order valence-electron chi connectivity index (χ3n) is 2.69. The summed E-state index contributed by atoms with van der Waals surface area (Å²) in [5.74, 6) is 0.845. The van der Waals surface area contributed by atoms with Crippen LogP contribution < -0.4 is 0 Å². The first-order valence-corrected chi connectivity index (χ1v) is 5.26. The third kappa shape index (κ3) is 1.88. The van der Waals surface area contributed by atoms with E-state index in [4.69, 9.17) is 11.6 Å². The Bertz CT molecular complexity index is 324. The van der Waals surface area contributed by atoms with Gasteiger partial charge in [0, 0.05) is 11.3 Å². The van der Waals surface area contributed by atoms with Gasteiger partial charge in [-0.25, -0.2) is 9.97 Å². The third-order valence-corrected chi connectivity index (χ3v) is 3.06. The normalized spacial score (nSPS) is 16.8. The van der Waals surface area contributed by atoms with Crippen molar-refractivity contribution >= 4 is 11.6 Å². The fraction of sp³-hybridized carbons (Fsp3) is 0.600. The van der Waals surface area contributed by atoms with Gasteiger partial charge >= 0.3 is 0 Å². The summed E-state index contributed by atoms with van der Waals surface area (Å²) in [6.07, 6.45) is 1.29. The van der Waals surface area contributed by atoms with Crippen LogP contribution in [0.4, 0.5) is 0 Å². The molecule has 1 aliphatic heterocycles. The van der Waals surface area contributed by atoms with Crippen molar-refractivity contribution in [2.24, 2.45) is 0 Å². The molecule has 0 N–H and O–H groups in total. The predicted octanol–water partition coefficient (Wildman–Crippen LogP) is 1.95. The van der Waals surface area contributed by atoms with E-state index in [2.05, 4.69) is 14.9 Å². The van der Waals surface area contributed by atoms with Crippen LogP contribution in [0.3, 0.4) is 0 Å². The Balaban J connectivity index is 2.17. The van der Waals surface area contributed by atoms with Gasteiger partial charge in [-0.15, -0.1) is 0 Å². The fourth-order valence-electron chi connectivity index (χ4n) is 1.46. The van der Waals surface area contributed by atoms with Gasteiger partial charge in [0.1, 0.15) is 11.0 Å². The molecule has 2 rings (SSSR count). The molecule has 0 atom stereocenters. The lowest BCUT2D eigenvalue weighted by atomic mass is 10.2. The Morgan fingerprint density at radius 3 is 2.50 bits per heavy atom. The van der Waals surface area contributed by atoms with Gasteiger partial charge in [-0.3, -0.25) is 4.90 Å². The zero-order chi connectivity index (χ0) is 10.1. The monoisotopic (exact) mass is 211 g/mol. The highest BCUT2D eigenvalue weighted by Crippen LogP contribution is 2.16. The molecule has 0 bridgehead atoms. The van der Waals surface area contributed by atoms with Crippen LogP contribution in [0, 0.1) is 13.8 Å². The van der Waals surface area contributed by atoms with Crippen LogP contribution in [0.25, 0.3) is 0 Å². The average molecular weight is 212 g/mol. The van der Waals surface area contributed by atoms with Crippen LogP contribution in [-0.4, -0.2) is 28.0 Å².